The van der Waals surface area contributed by atoms with Gasteiger partial charge in [-0.25, -0.2) is 0 Å². The van der Waals surface area contributed by atoms with Crippen LogP contribution in [0, 0.1) is 13.8 Å². The molecule has 0 atom stereocenters. The zero-order valence-corrected chi connectivity index (χ0v) is 18.3. The van der Waals surface area contributed by atoms with Crippen LogP contribution >= 0.6 is 11.9 Å². The molecule has 154 valence electrons. The first-order valence-corrected chi connectivity index (χ1v) is 10.9. The van der Waals surface area contributed by atoms with Gasteiger partial charge in [0.1, 0.15) is 5.75 Å². The Morgan fingerprint density at radius 2 is 1.93 bits per heavy atom. The van der Waals surface area contributed by atoms with Gasteiger partial charge in [0.25, 0.3) is 0 Å². The quantitative estimate of drug-likeness (QED) is 0.568. The zero-order valence-electron chi connectivity index (χ0n) is 17.5. The molecule has 1 aliphatic heterocycles. The molecular formula is C24H24N2O3S. The van der Waals surface area contributed by atoms with Crippen LogP contribution in [-0.2, 0) is 17.8 Å². The molecule has 1 N–H and O–H groups in total. The third-order valence-electron chi connectivity index (χ3n) is 5.58. The van der Waals surface area contributed by atoms with E-state index in [0.717, 1.165) is 50.5 Å². The van der Waals surface area contributed by atoms with Gasteiger partial charge in [0.2, 0.25) is 0 Å². The summed E-state index contributed by atoms with van der Waals surface area (Å²) in [6, 6.07) is 12.4. The molecule has 0 unspecified atom stereocenters. The second kappa shape index (κ2) is 8.03. The highest BCUT2D eigenvalue weighted by Crippen LogP contribution is 2.47. The van der Waals surface area contributed by atoms with Crippen LogP contribution in [0.2, 0.25) is 0 Å². The number of carboxylic acid groups (broad SMARTS) is 1. The predicted molar refractivity (Wildman–Crippen MR) is 122 cm³/mol. The van der Waals surface area contributed by atoms with Gasteiger partial charge in [-0.1, -0.05) is 41.8 Å². The first-order valence-electron chi connectivity index (χ1n) is 9.73. The molecule has 0 aliphatic carbocycles. The molecule has 5 nitrogen and oxygen atoms in total. The van der Waals surface area contributed by atoms with Crippen molar-refractivity contribution in [3.8, 4) is 28.1 Å². The molecule has 1 aromatic heterocycles. The second-order valence-electron chi connectivity index (χ2n) is 7.46. The molecule has 4 rings (SSSR count). The summed E-state index contributed by atoms with van der Waals surface area (Å²) in [5.74, 6) is -0.0996. The number of hydrogen-bond acceptors (Lipinski definition) is 5. The van der Waals surface area contributed by atoms with Gasteiger partial charge >= 0.3 is 5.97 Å². The highest BCUT2D eigenvalue weighted by Gasteiger charge is 2.29. The van der Waals surface area contributed by atoms with Gasteiger partial charge in [-0.15, -0.1) is 0 Å². The maximum absolute atomic E-state index is 11.7. The van der Waals surface area contributed by atoms with Crippen LogP contribution in [0.3, 0.4) is 0 Å². The van der Waals surface area contributed by atoms with Crippen molar-refractivity contribution in [2.75, 3.05) is 17.7 Å². The molecule has 6 heteroatoms. The number of aryl methyl sites for hydroxylation is 1. The molecule has 0 saturated carbocycles. The Morgan fingerprint density at radius 1 is 1.20 bits per heavy atom. The summed E-state index contributed by atoms with van der Waals surface area (Å²) in [6.07, 6.45) is 3.75. The zero-order chi connectivity index (χ0) is 21.4. The monoisotopic (exact) mass is 420 g/mol. The van der Waals surface area contributed by atoms with Crippen LogP contribution in [0.5, 0.6) is 5.75 Å². The molecule has 0 bridgehead atoms. The Kier molecular flexibility index (Phi) is 5.43. The van der Waals surface area contributed by atoms with Crippen molar-refractivity contribution in [2.24, 2.45) is 0 Å². The number of aromatic nitrogens is 1. The number of rotatable bonds is 5. The molecule has 0 spiro atoms. The topological polar surface area (TPSA) is 62.7 Å². The highest BCUT2D eigenvalue weighted by molar-refractivity contribution is 7.99. The van der Waals surface area contributed by atoms with E-state index in [1.807, 2.05) is 26.2 Å². The number of hydrogen-bond donors (Lipinski definition) is 1. The van der Waals surface area contributed by atoms with Crippen molar-refractivity contribution in [3.05, 3.63) is 64.8 Å². The van der Waals surface area contributed by atoms with Crippen molar-refractivity contribution in [2.45, 2.75) is 26.8 Å². The summed E-state index contributed by atoms with van der Waals surface area (Å²) in [6.45, 7) is 4.75. The largest absolute Gasteiger partial charge is 0.495 e. The lowest BCUT2D eigenvalue weighted by Crippen LogP contribution is -2.22. The molecule has 0 fully saturated rings. The predicted octanol–water partition coefficient (Wildman–Crippen LogP) is 5.27. The summed E-state index contributed by atoms with van der Waals surface area (Å²) in [5, 5.41) is 9.60. The van der Waals surface area contributed by atoms with Crippen molar-refractivity contribution in [1.29, 1.82) is 0 Å². The Balaban J connectivity index is 2.02. The molecule has 1 aliphatic rings. The first kappa shape index (κ1) is 20.3. The Bertz CT molecular complexity index is 1130. The minimum Gasteiger partial charge on any atom is -0.495 e. The highest BCUT2D eigenvalue weighted by atomic mass is 32.2. The number of fused-ring (bicyclic) bond motifs is 3. The maximum atomic E-state index is 11.7. The summed E-state index contributed by atoms with van der Waals surface area (Å²) < 4.78 is 7.58. The average molecular weight is 421 g/mol. The van der Waals surface area contributed by atoms with Crippen molar-refractivity contribution < 1.29 is 14.6 Å². The van der Waals surface area contributed by atoms with Crippen molar-refractivity contribution >= 4 is 23.6 Å². The van der Waals surface area contributed by atoms with Crippen molar-refractivity contribution in [3.63, 3.8) is 0 Å². The Morgan fingerprint density at radius 3 is 2.57 bits per heavy atom. The third-order valence-corrected chi connectivity index (χ3v) is 6.34. The SMILES string of the molecule is COc1cnc2c(c1)CN(SC)c1c-2cc(-c2ccc(C)cc2)c(CC(=O)O)c1C. The van der Waals surface area contributed by atoms with E-state index in [9.17, 15) is 9.90 Å². The van der Waals surface area contributed by atoms with E-state index in [2.05, 4.69) is 34.6 Å². The lowest BCUT2D eigenvalue weighted by Gasteiger charge is -2.33. The summed E-state index contributed by atoms with van der Waals surface area (Å²) in [7, 11) is 1.64. The first-order chi connectivity index (χ1) is 14.4. The van der Waals surface area contributed by atoms with Crippen LogP contribution in [-0.4, -0.2) is 29.4 Å². The van der Waals surface area contributed by atoms with E-state index >= 15 is 0 Å². The van der Waals surface area contributed by atoms with Crippen LogP contribution in [0.25, 0.3) is 22.4 Å². The van der Waals surface area contributed by atoms with Crippen LogP contribution in [0.1, 0.15) is 22.3 Å². The fourth-order valence-corrected chi connectivity index (χ4v) is 4.76. The number of nitrogens with zero attached hydrogens (tertiary/aromatic N) is 2. The molecule has 3 aromatic rings. The minimum absolute atomic E-state index is 0.0204. The van der Waals surface area contributed by atoms with E-state index in [-0.39, 0.29) is 6.42 Å². The number of carbonyl (C=O) groups is 1. The van der Waals surface area contributed by atoms with E-state index in [0.29, 0.717) is 6.54 Å². The number of anilines is 1. The summed E-state index contributed by atoms with van der Waals surface area (Å²) >= 11 is 1.63. The summed E-state index contributed by atoms with van der Waals surface area (Å²) in [5.41, 5.74) is 9.05. The normalized spacial score (nSPS) is 12.3. The van der Waals surface area contributed by atoms with E-state index in [1.165, 1.54) is 5.56 Å². The van der Waals surface area contributed by atoms with E-state index < -0.39 is 5.97 Å². The second-order valence-corrected chi connectivity index (χ2v) is 8.27. The average Bonchev–Trinajstić information content (AvgIpc) is 2.74. The number of pyridine rings is 1. The number of benzene rings is 2. The number of methoxy groups -OCH3 is 1. The van der Waals surface area contributed by atoms with Crippen LogP contribution < -0.4 is 9.04 Å². The van der Waals surface area contributed by atoms with Gasteiger partial charge in [0.05, 0.1) is 37.7 Å². The maximum Gasteiger partial charge on any atom is 0.307 e. The van der Waals surface area contributed by atoms with Crippen LogP contribution in [0.15, 0.2) is 42.6 Å². The fraction of sp³-hybridized carbons (Fsp3) is 0.250. The molecule has 0 radical (unpaired) electrons. The smallest absolute Gasteiger partial charge is 0.307 e. The number of aliphatic carboxylic acids is 1. The Hall–Kier alpha value is -2.99. The molecule has 0 amide bonds. The number of ether oxygens (including phenoxy) is 1. The fourth-order valence-electron chi connectivity index (χ4n) is 4.07. The lowest BCUT2D eigenvalue weighted by molar-refractivity contribution is -0.136. The van der Waals surface area contributed by atoms with Gasteiger partial charge in [-0.2, -0.15) is 0 Å². The van der Waals surface area contributed by atoms with Gasteiger partial charge < -0.3 is 14.1 Å². The summed E-state index contributed by atoms with van der Waals surface area (Å²) in [4.78, 5) is 16.4. The number of carboxylic acids is 1. The molecule has 2 heterocycles. The standard InChI is InChI=1S/C24H24N2O3S/c1-14-5-7-16(8-6-14)20-10-21-23-17(9-18(29-3)12-25-23)13-26(30-4)24(21)15(2)19(20)11-22(27)28/h5-10,12H,11,13H2,1-4H3,(H,27,28). The van der Waals surface area contributed by atoms with Crippen LogP contribution in [0.4, 0.5) is 5.69 Å². The van der Waals surface area contributed by atoms with Gasteiger partial charge in [-0.05, 0) is 48.2 Å². The molecular weight excluding hydrogens is 396 g/mol. The molecule has 2 aromatic carbocycles. The van der Waals surface area contributed by atoms with E-state index in [4.69, 9.17) is 9.72 Å². The molecule has 0 saturated heterocycles. The lowest BCUT2D eigenvalue weighted by atomic mass is 9.86. The molecule has 30 heavy (non-hydrogen) atoms. The minimum atomic E-state index is -0.832. The van der Waals surface area contributed by atoms with Gasteiger partial charge in [0.15, 0.2) is 0 Å². The van der Waals surface area contributed by atoms with Gasteiger partial charge in [0, 0.05) is 17.4 Å². The van der Waals surface area contributed by atoms with Crippen molar-refractivity contribution in [1.82, 2.24) is 4.98 Å². The van der Waals surface area contributed by atoms with Gasteiger partial charge in [-0.3, -0.25) is 9.78 Å². The third kappa shape index (κ3) is 3.52. The van der Waals surface area contributed by atoms with E-state index in [1.54, 1.807) is 25.3 Å². The Labute approximate surface area is 180 Å².